The summed E-state index contributed by atoms with van der Waals surface area (Å²) in [6.45, 7) is 3.79. The average Bonchev–Trinajstić information content (AvgIpc) is 2.83. The molecular formula is C25H28N4O3. The normalized spacial score (nSPS) is 20.2. The number of aromatic nitrogens is 2. The first-order valence-electron chi connectivity index (χ1n) is 11.3. The van der Waals surface area contributed by atoms with E-state index in [0.29, 0.717) is 31.5 Å². The summed E-state index contributed by atoms with van der Waals surface area (Å²) in [4.78, 5) is 22.0. The van der Waals surface area contributed by atoms with E-state index in [2.05, 4.69) is 20.6 Å². The highest BCUT2D eigenvalue weighted by Gasteiger charge is 2.26. The molecule has 1 aliphatic heterocycles. The van der Waals surface area contributed by atoms with Crippen molar-refractivity contribution in [3.8, 4) is 11.5 Å². The van der Waals surface area contributed by atoms with E-state index in [-0.39, 0.29) is 11.8 Å². The van der Waals surface area contributed by atoms with Gasteiger partial charge in [-0.25, -0.2) is 0 Å². The fourth-order valence-corrected chi connectivity index (χ4v) is 4.47. The molecule has 0 atom stereocenters. The standard InChI is InChI=1S/C25H28N4O3/c1-16-5-6-17-3-2-4-21(24(17)28-16)29-25(30)18-7-9-19(10-8-18)26-14-20-13-22-23(15-27-20)32-12-11-31-22/h2-6,13,15,18-19,26H,7-12,14H2,1H3,(H,29,30). The predicted octanol–water partition coefficient (Wildman–Crippen LogP) is 4.00. The van der Waals surface area contributed by atoms with Crippen LogP contribution < -0.4 is 20.1 Å². The number of hydrogen-bond donors (Lipinski definition) is 2. The quantitative estimate of drug-likeness (QED) is 0.634. The molecule has 0 unspecified atom stereocenters. The maximum absolute atomic E-state index is 12.9. The number of carbonyl (C=O) groups is 1. The minimum absolute atomic E-state index is 0.0283. The maximum atomic E-state index is 12.9. The Labute approximate surface area is 187 Å². The van der Waals surface area contributed by atoms with Crippen molar-refractivity contribution in [2.45, 2.75) is 45.2 Å². The summed E-state index contributed by atoms with van der Waals surface area (Å²) in [6, 6.07) is 12.3. The first-order chi connectivity index (χ1) is 15.7. The van der Waals surface area contributed by atoms with Crippen molar-refractivity contribution in [2.75, 3.05) is 18.5 Å². The molecule has 3 heterocycles. The van der Waals surface area contributed by atoms with Crippen LogP contribution in [0.2, 0.25) is 0 Å². The molecule has 2 N–H and O–H groups in total. The van der Waals surface area contributed by atoms with Crippen molar-refractivity contribution in [1.29, 1.82) is 0 Å². The number of nitrogens with zero attached hydrogens (tertiary/aromatic N) is 2. The van der Waals surface area contributed by atoms with E-state index in [1.54, 1.807) is 6.20 Å². The van der Waals surface area contributed by atoms with E-state index in [1.165, 1.54) is 0 Å². The van der Waals surface area contributed by atoms with E-state index in [9.17, 15) is 4.79 Å². The van der Waals surface area contributed by atoms with Crippen molar-refractivity contribution in [1.82, 2.24) is 15.3 Å². The first kappa shape index (κ1) is 20.7. The summed E-state index contributed by atoms with van der Waals surface area (Å²) in [7, 11) is 0. The number of aryl methyl sites for hydroxylation is 1. The zero-order valence-corrected chi connectivity index (χ0v) is 18.3. The van der Waals surface area contributed by atoms with E-state index >= 15 is 0 Å². The third-order valence-corrected chi connectivity index (χ3v) is 6.27. The number of benzene rings is 1. The molecule has 5 rings (SSSR count). The van der Waals surface area contributed by atoms with Crippen LogP contribution in [0, 0.1) is 12.8 Å². The summed E-state index contributed by atoms with van der Waals surface area (Å²) in [5.74, 6) is 1.60. The van der Waals surface area contributed by atoms with Crippen LogP contribution in [-0.4, -0.2) is 35.1 Å². The second-order valence-electron chi connectivity index (χ2n) is 8.57. The van der Waals surface area contributed by atoms with Gasteiger partial charge in [0, 0.05) is 35.7 Å². The molecule has 1 amide bonds. The highest BCUT2D eigenvalue weighted by molar-refractivity contribution is 6.01. The van der Waals surface area contributed by atoms with Crippen LogP contribution in [0.15, 0.2) is 42.6 Å². The molecule has 7 heteroatoms. The first-order valence-corrected chi connectivity index (χ1v) is 11.3. The van der Waals surface area contributed by atoms with Gasteiger partial charge in [-0.15, -0.1) is 0 Å². The maximum Gasteiger partial charge on any atom is 0.227 e. The Balaban J connectivity index is 1.14. The smallest absolute Gasteiger partial charge is 0.227 e. The number of ether oxygens (including phenoxy) is 2. The molecule has 0 spiro atoms. The Morgan fingerprint density at radius 3 is 2.72 bits per heavy atom. The lowest BCUT2D eigenvalue weighted by Crippen LogP contribution is -2.36. The van der Waals surface area contributed by atoms with Crippen LogP contribution in [0.3, 0.4) is 0 Å². The number of fused-ring (bicyclic) bond motifs is 2. The molecule has 7 nitrogen and oxygen atoms in total. The van der Waals surface area contributed by atoms with Gasteiger partial charge in [-0.1, -0.05) is 18.2 Å². The summed E-state index contributed by atoms with van der Waals surface area (Å²) >= 11 is 0. The van der Waals surface area contributed by atoms with Crippen LogP contribution in [0.5, 0.6) is 11.5 Å². The number of anilines is 1. The number of amides is 1. The Morgan fingerprint density at radius 1 is 1.06 bits per heavy atom. The fourth-order valence-electron chi connectivity index (χ4n) is 4.47. The molecule has 0 saturated heterocycles. The van der Waals surface area contributed by atoms with Gasteiger partial charge in [0.1, 0.15) is 13.2 Å². The van der Waals surface area contributed by atoms with Crippen LogP contribution in [-0.2, 0) is 11.3 Å². The van der Waals surface area contributed by atoms with Gasteiger partial charge in [0.15, 0.2) is 11.5 Å². The van der Waals surface area contributed by atoms with Crippen LogP contribution in [0.25, 0.3) is 10.9 Å². The molecule has 2 aromatic heterocycles. The minimum atomic E-state index is 0.0283. The minimum Gasteiger partial charge on any atom is -0.486 e. The number of para-hydroxylation sites is 1. The number of nitrogens with one attached hydrogen (secondary N) is 2. The number of hydrogen-bond acceptors (Lipinski definition) is 6. The van der Waals surface area contributed by atoms with Gasteiger partial charge in [0.2, 0.25) is 5.91 Å². The lowest BCUT2D eigenvalue weighted by molar-refractivity contribution is -0.120. The second kappa shape index (κ2) is 9.12. The van der Waals surface area contributed by atoms with Crippen molar-refractivity contribution in [3.05, 3.63) is 54.0 Å². The molecule has 1 saturated carbocycles. The van der Waals surface area contributed by atoms with Crippen molar-refractivity contribution >= 4 is 22.5 Å². The van der Waals surface area contributed by atoms with Crippen molar-refractivity contribution < 1.29 is 14.3 Å². The van der Waals surface area contributed by atoms with E-state index in [0.717, 1.165) is 59.4 Å². The molecule has 0 bridgehead atoms. The molecule has 1 aromatic carbocycles. The summed E-state index contributed by atoms with van der Waals surface area (Å²) in [5, 5.41) is 7.75. The predicted molar refractivity (Wildman–Crippen MR) is 123 cm³/mol. The van der Waals surface area contributed by atoms with Crippen molar-refractivity contribution in [3.63, 3.8) is 0 Å². The lowest BCUT2D eigenvalue weighted by atomic mass is 9.85. The van der Waals surface area contributed by atoms with Crippen LogP contribution >= 0.6 is 0 Å². The molecule has 2 aliphatic rings. The Kier molecular flexibility index (Phi) is 5.90. The molecule has 1 fully saturated rings. The van der Waals surface area contributed by atoms with E-state index in [4.69, 9.17) is 9.47 Å². The number of carbonyl (C=O) groups excluding carboxylic acids is 1. The molecule has 1 aliphatic carbocycles. The Morgan fingerprint density at radius 2 is 1.88 bits per heavy atom. The third-order valence-electron chi connectivity index (χ3n) is 6.27. The lowest BCUT2D eigenvalue weighted by Gasteiger charge is -2.28. The zero-order chi connectivity index (χ0) is 21.9. The van der Waals surface area contributed by atoms with Gasteiger partial charge >= 0.3 is 0 Å². The van der Waals surface area contributed by atoms with Crippen LogP contribution in [0.4, 0.5) is 5.69 Å². The summed E-state index contributed by atoms with van der Waals surface area (Å²) in [6.07, 6.45) is 5.41. The topological polar surface area (TPSA) is 85.4 Å². The molecule has 0 radical (unpaired) electrons. The van der Waals surface area contributed by atoms with E-state index < -0.39 is 0 Å². The number of rotatable bonds is 5. The second-order valence-corrected chi connectivity index (χ2v) is 8.57. The highest BCUT2D eigenvalue weighted by atomic mass is 16.6. The number of pyridine rings is 2. The Hall–Kier alpha value is -3.19. The highest BCUT2D eigenvalue weighted by Crippen LogP contribution is 2.30. The third kappa shape index (κ3) is 4.53. The molecule has 166 valence electrons. The van der Waals surface area contributed by atoms with Gasteiger partial charge in [0.05, 0.1) is 23.1 Å². The van der Waals surface area contributed by atoms with E-state index in [1.807, 2.05) is 43.3 Å². The van der Waals surface area contributed by atoms with Gasteiger partial charge in [-0.05, 0) is 44.7 Å². The zero-order valence-electron chi connectivity index (χ0n) is 18.3. The summed E-state index contributed by atoms with van der Waals surface area (Å²) < 4.78 is 11.2. The summed E-state index contributed by atoms with van der Waals surface area (Å²) in [5.41, 5.74) is 3.52. The Bertz CT molecular complexity index is 1130. The largest absolute Gasteiger partial charge is 0.486 e. The molecular weight excluding hydrogens is 404 g/mol. The molecule has 3 aromatic rings. The van der Waals surface area contributed by atoms with Gasteiger partial charge in [-0.3, -0.25) is 14.8 Å². The van der Waals surface area contributed by atoms with Gasteiger partial charge < -0.3 is 20.1 Å². The fraction of sp³-hybridized carbons (Fsp3) is 0.400. The molecule has 32 heavy (non-hydrogen) atoms. The van der Waals surface area contributed by atoms with Crippen LogP contribution in [0.1, 0.15) is 37.1 Å². The average molecular weight is 433 g/mol. The van der Waals surface area contributed by atoms with Gasteiger partial charge in [-0.2, -0.15) is 0 Å². The monoisotopic (exact) mass is 432 g/mol. The SMILES string of the molecule is Cc1ccc2cccc(NC(=O)C3CCC(NCc4cc5c(cn4)OCCO5)CC3)c2n1. The van der Waals surface area contributed by atoms with Gasteiger partial charge in [0.25, 0.3) is 0 Å². The van der Waals surface area contributed by atoms with Crippen molar-refractivity contribution in [2.24, 2.45) is 5.92 Å².